The highest BCUT2D eigenvalue weighted by molar-refractivity contribution is 5.91. The molecule has 10 aromatic carbocycles. The number of anilines is 6. The van der Waals surface area contributed by atoms with E-state index in [9.17, 15) is 0 Å². The lowest BCUT2D eigenvalue weighted by Gasteiger charge is -2.29. The van der Waals surface area contributed by atoms with Gasteiger partial charge in [0.05, 0.1) is 0 Å². The summed E-state index contributed by atoms with van der Waals surface area (Å²) in [5.74, 6) is 0. The van der Waals surface area contributed by atoms with Gasteiger partial charge in [-0.1, -0.05) is 227 Å². The van der Waals surface area contributed by atoms with Gasteiger partial charge < -0.3 is 9.80 Å². The summed E-state index contributed by atoms with van der Waals surface area (Å²) in [6.45, 7) is 23.1. The second-order valence-electron chi connectivity index (χ2n) is 24.8. The van der Waals surface area contributed by atoms with Gasteiger partial charge in [-0.15, -0.1) is 0 Å². The number of nitrogens with zero attached hydrogens (tertiary/aromatic N) is 2. The molecule has 0 bridgehead atoms. The van der Waals surface area contributed by atoms with E-state index in [4.69, 9.17) is 0 Å². The van der Waals surface area contributed by atoms with Crippen molar-refractivity contribution in [2.75, 3.05) is 9.80 Å². The van der Waals surface area contributed by atoms with Crippen molar-refractivity contribution >= 4 is 69.2 Å². The van der Waals surface area contributed by atoms with Gasteiger partial charge in [0.1, 0.15) is 0 Å². The number of fused-ring (bicyclic) bond motifs is 7. The van der Waals surface area contributed by atoms with Gasteiger partial charge in [0.15, 0.2) is 0 Å². The number of hydrogen-bond donors (Lipinski definition) is 0. The van der Waals surface area contributed by atoms with E-state index in [1.54, 1.807) is 0 Å². The molecule has 0 N–H and O–H groups in total. The topological polar surface area (TPSA) is 6.48 Å². The molecule has 0 heterocycles. The molecule has 2 heteroatoms. The Labute approximate surface area is 463 Å². The summed E-state index contributed by atoms with van der Waals surface area (Å²) in [4.78, 5) is 4.78. The van der Waals surface area contributed by atoms with E-state index in [0.717, 1.165) is 22.7 Å². The van der Waals surface area contributed by atoms with E-state index in [2.05, 4.69) is 322 Å². The molecule has 384 valence electrons. The Morgan fingerprint density at radius 3 is 0.910 bits per heavy atom. The minimum atomic E-state index is -0.169. The van der Waals surface area contributed by atoms with Crippen LogP contribution in [-0.2, 0) is 21.7 Å². The van der Waals surface area contributed by atoms with E-state index in [0.29, 0.717) is 0 Å². The van der Waals surface area contributed by atoms with Crippen molar-refractivity contribution in [1.29, 1.82) is 0 Å². The average Bonchev–Trinajstić information content (AvgIpc) is 4.08. The molecule has 0 saturated carbocycles. The Kier molecular flexibility index (Phi) is 12.4. The molecule has 0 radical (unpaired) electrons. The molecule has 78 heavy (non-hydrogen) atoms. The number of benzene rings is 10. The highest BCUT2D eigenvalue weighted by Crippen LogP contribution is 2.53. The quantitative estimate of drug-likeness (QED) is 0.126. The second kappa shape index (κ2) is 19.2. The normalized spacial score (nSPS) is 14.1. The summed E-state index contributed by atoms with van der Waals surface area (Å²) in [7, 11) is 0. The Hall–Kier alpha value is -8.46. The monoisotopic (exact) mass is 1010 g/mol. The zero-order valence-corrected chi connectivity index (χ0v) is 47.0. The minimum absolute atomic E-state index is 0.0909. The highest BCUT2D eigenvalue weighted by atomic mass is 15.1. The van der Waals surface area contributed by atoms with Gasteiger partial charge in [-0.05, 0) is 184 Å². The van der Waals surface area contributed by atoms with Gasteiger partial charge in [-0.3, -0.25) is 0 Å². The summed E-state index contributed by atoms with van der Waals surface area (Å²) in [6, 6.07) is 81.3. The molecular weight excluding hydrogens is 941 g/mol. The molecule has 0 spiro atoms. The van der Waals surface area contributed by atoms with Crippen LogP contribution in [0, 0.1) is 0 Å². The fraction of sp³-hybridized carbons (Fsp3) is 0.184. The second-order valence-corrected chi connectivity index (χ2v) is 24.8. The lowest BCUT2D eigenvalue weighted by Crippen LogP contribution is -2.17. The van der Waals surface area contributed by atoms with Crippen molar-refractivity contribution in [3.8, 4) is 22.3 Å². The van der Waals surface area contributed by atoms with Gasteiger partial charge in [-0.25, -0.2) is 0 Å². The van der Waals surface area contributed by atoms with Crippen LogP contribution in [0.15, 0.2) is 218 Å². The smallest absolute Gasteiger partial charge is 0.0465 e. The molecule has 2 aliphatic rings. The largest absolute Gasteiger partial charge is 0.310 e. The summed E-state index contributed by atoms with van der Waals surface area (Å²) < 4.78 is 0. The highest BCUT2D eigenvalue weighted by Gasteiger charge is 2.38. The molecule has 0 aliphatic heterocycles. The van der Waals surface area contributed by atoms with Crippen molar-refractivity contribution in [3.63, 3.8) is 0 Å². The van der Waals surface area contributed by atoms with Crippen molar-refractivity contribution in [1.82, 2.24) is 0 Å². The van der Waals surface area contributed by atoms with Crippen molar-refractivity contribution in [2.24, 2.45) is 0 Å². The fourth-order valence-corrected chi connectivity index (χ4v) is 12.1. The predicted octanol–water partition coefficient (Wildman–Crippen LogP) is 21.3. The van der Waals surface area contributed by atoms with E-state index in [1.807, 2.05) is 0 Å². The Morgan fingerprint density at radius 1 is 0.282 bits per heavy atom. The maximum absolute atomic E-state index is 2.42. The summed E-state index contributed by atoms with van der Waals surface area (Å²) in [6.07, 6.45) is 9.04. The Bertz CT molecular complexity index is 3690. The molecule has 2 nitrogen and oxygen atoms in total. The average molecular weight is 1010 g/mol. The van der Waals surface area contributed by atoms with Gasteiger partial charge in [0.2, 0.25) is 0 Å². The first kappa shape index (κ1) is 50.4. The van der Waals surface area contributed by atoms with Crippen LogP contribution in [0.5, 0.6) is 0 Å². The fourth-order valence-electron chi connectivity index (χ4n) is 12.1. The minimum Gasteiger partial charge on any atom is -0.310 e. The predicted molar refractivity (Wildman–Crippen MR) is 337 cm³/mol. The summed E-state index contributed by atoms with van der Waals surface area (Å²) in [5, 5.41) is 2.46. The molecule has 0 unspecified atom stereocenters. The summed E-state index contributed by atoms with van der Waals surface area (Å²) in [5.41, 5.74) is 24.9. The van der Waals surface area contributed by atoms with Crippen molar-refractivity contribution < 1.29 is 0 Å². The molecule has 12 rings (SSSR count). The Morgan fingerprint density at radius 2 is 0.564 bits per heavy atom. The molecule has 2 aliphatic carbocycles. The van der Waals surface area contributed by atoms with Gasteiger partial charge in [-0.2, -0.15) is 0 Å². The summed E-state index contributed by atoms with van der Waals surface area (Å²) >= 11 is 0. The number of hydrogen-bond acceptors (Lipinski definition) is 2. The van der Waals surface area contributed by atoms with Crippen LogP contribution in [0.4, 0.5) is 34.1 Å². The van der Waals surface area contributed by atoms with E-state index in [1.165, 1.54) is 100 Å². The van der Waals surface area contributed by atoms with Crippen LogP contribution >= 0.6 is 0 Å². The van der Waals surface area contributed by atoms with Gasteiger partial charge in [0.25, 0.3) is 0 Å². The zero-order valence-electron chi connectivity index (χ0n) is 47.0. The van der Waals surface area contributed by atoms with Crippen LogP contribution in [-0.4, -0.2) is 0 Å². The van der Waals surface area contributed by atoms with E-state index >= 15 is 0 Å². The van der Waals surface area contributed by atoms with Crippen LogP contribution in [0.2, 0.25) is 0 Å². The third-order valence-electron chi connectivity index (χ3n) is 16.7. The van der Waals surface area contributed by atoms with Crippen molar-refractivity contribution in [2.45, 2.75) is 90.9 Å². The third-order valence-corrected chi connectivity index (χ3v) is 16.7. The number of rotatable bonds is 10. The van der Waals surface area contributed by atoms with Crippen LogP contribution in [0.3, 0.4) is 0 Å². The van der Waals surface area contributed by atoms with E-state index < -0.39 is 0 Å². The molecule has 0 amide bonds. The third kappa shape index (κ3) is 9.28. The van der Waals surface area contributed by atoms with Crippen LogP contribution in [0.25, 0.3) is 57.3 Å². The lowest BCUT2D eigenvalue weighted by molar-refractivity contribution is 0.590. The first-order valence-electron chi connectivity index (χ1n) is 27.8. The SMILES string of the molecule is CC(C)(C)c1ccc(N(c2ccccc2)c2ccc3c(c2)C(C)(C)c2cc(C=Cc4ccc5cc(C=Cc6ccc7c(c6)C(C)(C)c6cc(N(c8ccccc8)c8ccc(C(C)(C)C)cc8)ccc6-7)ccc5c4)ccc2-3)cc1. The standard InChI is InChI=1S/C76H70N2/c1-73(2,3)57-31-35-61(36-32-57)77(59-17-13-11-14-18-59)63-39-43-67-65-41-27-53(47-69(65)75(7,8)71(67)49-63)23-21-51-25-29-56-46-52(26-30-55(56)45-51)22-24-54-28-42-66-68-44-40-64(50-72(68)76(9,10)70(66)48-54)78(60-19-15-12-16-20-60)62-37-33-58(34-38-62)74(4,5)6/h11-50H,1-10H3. The van der Waals surface area contributed by atoms with Crippen molar-refractivity contribution in [3.05, 3.63) is 274 Å². The van der Waals surface area contributed by atoms with Gasteiger partial charge in [0, 0.05) is 45.0 Å². The molecule has 10 aromatic rings. The number of para-hydroxylation sites is 2. The lowest BCUT2D eigenvalue weighted by atomic mass is 9.81. The van der Waals surface area contributed by atoms with E-state index in [-0.39, 0.29) is 21.7 Å². The Balaban J connectivity index is 0.752. The van der Waals surface area contributed by atoms with Crippen LogP contribution in [0.1, 0.15) is 125 Å². The molecule has 0 saturated heterocycles. The maximum atomic E-state index is 2.42. The first-order valence-corrected chi connectivity index (χ1v) is 27.8. The molecule has 0 atom stereocenters. The zero-order chi connectivity index (χ0) is 54.1. The maximum Gasteiger partial charge on any atom is 0.0465 e. The van der Waals surface area contributed by atoms with Gasteiger partial charge >= 0.3 is 0 Å². The first-order chi connectivity index (χ1) is 37.4. The molecular formula is C76H70N2. The molecule has 0 aromatic heterocycles. The molecule has 0 fully saturated rings. The van der Waals surface area contributed by atoms with Crippen LogP contribution < -0.4 is 9.80 Å².